The van der Waals surface area contributed by atoms with Crippen molar-refractivity contribution < 1.29 is 9.59 Å². The summed E-state index contributed by atoms with van der Waals surface area (Å²) in [4.78, 5) is 32.4. The van der Waals surface area contributed by atoms with Gasteiger partial charge in [-0.25, -0.2) is 0 Å². The monoisotopic (exact) mass is 602 g/mol. The Morgan fingerprint density at radius 1 is 1.00 bits per heavy atom. The van der Waals surface area contributed by atoms with Crippen LogP contribution in [0.3, 0.4) is 0 Å². The van der Waals surface area contributed by atoms with Crippen molar-refractivity contribution in [1.29, 1.82) is 0 Å². The predicted molar refractivity (Wildman–Crippen MR) is 164 cm³/mol. The molecular formula is C29H29Cl3N4O2S. The van der Waals surface area contributed by atoms with Crippen LogP contribution in [0.5, 0.6) is 0 Å². The number of carbonyl (C=O) groups excluding carboxylic acids is 2. The zero-order chi connectivity index (χ0) is 27.8. The number of hydrogen-bond donors (Lipinski definition) is 2. The second-order valence-electron chi connectivity index (χ2n) is 9.47. The van der Waals surface area contributed by atoms with E-state index in [-0.39, 0.29) is 16.9 Å². The number of amides is 2. The van der Waals surface area contributed by atoms with Gasteiger partial charge < -0.3 is 10.6 Å². The third kappa shape index (κ3) is 8.15. The number of hydrogen-bond acceptors (Lipinski definition) is 4. The van der Waals surface area contributed by atoms with E-state index in [1.807, 2.05) is 54.6 Å². The van der Waals surface area contributed by atoms with Crippen molar-refractivity contribution in [1.82, 2.24) is 15.6 Å². The molecule has 1 unspecified atom stereocenters. The lowest BCUT2D eigenvalue weighted by Gasteiger charge is -2.32. The summed E-state index contributed by atoms with van der Waals surface area (Å²) in [6.45, 7) is 0. The topological polar surface area (TPSA) is 74.3 Å². The van der Waals surface area contributed by atoms with E-state index in [4.69, 9.17) is 47.0 Å². The minimum Gasteiger partial charge on any atom is -0.338 e. The van der Waals surface area contributed by atoms with E-state index in [0.29, 0.717) is 17.6 Å². The first-order chi connectivity index (χ1) is 18.7. The molecule has 204 valence electrons. The number of alkyl halides is 3. The fraction of sp³-hybridized carbons (Fsp3) is 0.310. The number of benzene rings is 2. The molecule has 2 N–H and O–H groups in total. The molecule has 6 nitrogen and oxygen atoms in total. The molecule has 1 heterocycles. The van der Waals surface area contributed by atoms with Crippen LogP contribution < -0.4 is 15.5 Å². The molecule has 1 saturated carbocycles. The lowest BCUT2D eigenvalue weighted by Crippen LogP contribution is -2.58. The van der Waals surface area contributed by atoms with Gasteiger partial charge in [0, 0.05) is 24.1 Å². The lowest BCUT2D eigenvalue weighted by atomic mass is 9.86. The van der Waals surface area contributed by atoms with Gasteiger partial charge >= 0.3 is 0 Å². The number of fused-ring (bicyclic) bond motifs is 1. The maximum absolute atomic E-state index is 13.8. The summed E-state index contributed by atoms with van der Waals surface area (Å²) < 4.78 is -1.98. The molecule has 10 heteroatoms. The molecule has 0 radical (unpaired) electrons. The summed E-state index contributed by atoms with van der Waals surface area (Å²) in [5.41, 5.74) is 1.97. The third-order valence-electron chi connectivity index (χ3n) is 6.60. The van der Waals surface area contributed by atoms with Gasteiger partial charge in [-0.05, 0) is 54.7 Å². The van der Waals surface area contributed by atoms with Crippen molar-refractivity contribution in [2.24, 2.45) is 5.92 Å². The first-order valence-electron chi connectivity index (χ1n) is 12.8. The van der Waals surface area contributed by atoms with Crippen LogP contribution >= 0.6 is 47.0 Å². The van der Waals surface area contributed by atoms with E-state index in [0.717, 1.165) is 36.6 Å². The van der Waals surface area contributed by atoms with E-state index in [1.54, 1.807) is 18.3 Å². The highest BCUT2D eigenvalue weighted by atomic mass is 35.6. The van der Waals surface area contributed by atoms with Crippen LogP contribution in [0.2, 0.25) is 0 Å². The molecule has 39 heavy (non-hydrogen) atoms. The van der Waals surface area contributed by atoms with Crippen molar-refractivity contribution in [2.75, 3.05) is 4.90 Å². The van der Waals surface area contributed by atoms with Gasteiger partial charge in [0.15, 0.2) is 5.11 Å². The number of para-hydroxylation sites is 1. The third-order valence-corrected chi connectivity index (χ3v) is 7.56. The number of halogens is 3. The molecule has 0 spiro atoms. The smallest absolute Gasteiger partial charge is 0.245 e. The molecule has 1 aromatic heterocycles. The Morgan fingerprint density at radius 2 is 1.72 bits per heavy atom. The van der Waals surface area contributed by atoms with Crippen molar-refractivity contribution in [3.63, 3.8) is 0 Å². The second-order valence-corrected chi connectivity index (χ2v) is 12.2. The Bertz CT molecular complexity index is 1340. The van der Waals surface area contributed by atoms with Crippen molar-refractivity contribution in [2.45, 2.75) is 48.5 Å². The van der Waals surface area contributed by atoms with E-state index in [2.05, 4.69) is 15.6 Å². The largest absolute Gasteiger partial charge is 0.338 e. The van der Waals surface area contributed by atoms with Crippen molar-refractivity contribution >= 4 is 86.6 Å². The molecule has 0 saturated heterocycles. The average Bonchev–Trinajstić information content (AvgIpc) is 2.92. The molecule has 1 atom stereocenters. The van der Waals surface area contributed by atoms with Crippen LogP contribution in [0.4, 0.5) is 5.69 Å². The maximum Gasteiger partial charge on any atom is 0.245 e. The summed E-state index contributed by atoms with van der Waals surface area (Å²) in [6.07, 6.45) is 9.13. The van der Waals surface area contributed by atoms with Crippen LogP contribution in [0, 0.1) is 5.92 Å². The van der Waals surface area contributed by atoms with E-state index in [1.165, 1.54) is 17.4 Å². The summed E-state index contributed by atoms with van der Waals surface area (Å²) in [5.74, 6) is -0.417. The summed E-state index contributed by atoms with van der Waals surface area (Å²) >= 11 is 24.4. The van der Waals surface area contributed by atoms with Gasteiger partial charge in [-0.15, -0.1) is 0 Å². The van der Waals surface area contributed by atoms with E-state index < -0.39 is 15.9 Å². The van der Waals surface area contributed by atoms with E-state index >= 15 is 0 Å². The number of nitrogens with zero attached hydrogens (tertiary/aromatic N) is 2. The van der Waals surface area contributed by atoms with Gasteiger partial charge in [0.2, 0.25) is 15.6 Å². The van der Waals surface area contributed by atoms with Gasteiger partial charge in [-0.2, -0.15) is 0 Å². The van der Waals surface area contributed by atoms with Crippen LogP contribution in [0.15, 0.2) is 72.9 Å². The standard InChI is InChI=1S/C29H29Cl3N4O2S/c30-29(31,32)27(34-24(37)17-16-20-9-3-1-4-10-20)35-28(39)36(25(38)19-21-11-5-2-6-12-21)23-15-7-13-22-14-8-18-33-26(22)23/h1,3-4,7-10,13-18,21,27H,2,5-6,11-12,19H2,(H,34,37)(H,35,39)/b17-16+. The summed E-state index contributed by atoms with van der Waals surface area (Å²) in [6, 6.07) is 18.6. The number of aromatic nitrogens is 1. The molecule has 0 aliphatic heterocycles. The predicted octanol–water partition coefficient (Wildman–Crippen LogP) is 6.94. The molecular weight excluding hydrogens is 575 g/mol. The SMILES string of the molecule is O=C(/C=C/c1ccccc1)NC(NC(=S)N(C(=O)CC1CCCCC1)c1cccc2cccnc12)C(Cl)(Cl)Cl. The Morgan fingerprint density at radius 3 is 2.44 bits per heavy atom. The molecule has 3 aromatic rings. The van der Waals surface area contributed by atoms with Gasteiger partial charge in [-0.1, -0.05) is 103 Å². The van der Waals surface area contributed by atoms with Gasteiger partial charge in [0.25, 0.3) is 0 Å². The van der Waals surface area contributed by atoms with E-state index in [9.17, 15) is 9.59 Å². The van der Waals surface area contributed by atoms with Crippen LogP contribution in [0.25, 0.3) is 17.0 Å². The minimum atomic E-state index is -1.98. The van der Waals surface area contributed by atoms with Crippen LogP contribution in [-0.2, 0) is 9.59 Å². The van der Waals surface area contributed by atoms with Gasteiger partial charge in [-0.3, -0.25) is 19.5 Å². The molecule has 4 rings (SSSR count). The Kier molecular flexibility index (Phi) is 10.2. The highest BCUT2D eigenvalue weighted by Crippen LogP contribution is 2.32. The number of rotatable bonds is 7. The Hall–Kier alpha value is -2.71. The van der Waals surface area contributed by atoms with Crippen molar-refractivity contribution in [3.8, 4) is 0 Å². The number of carbonyl (C=O) groups is 2. The first-order valence-corrected chi connectivity index (χ1v) is 14.3. The fourth-order valence-corrected chi connectivity index (χ4v) is 5.31. The number of pyridine rings is 1. The normalized spacial score (nSPS) is 15.2. The molecule has 0 bridgehead atoms. The fourth-order valence-electron chi connectivity index (χ4n) is 4.67. The minimum absolute atomic E-state index is 0.00220. The quantitative estimate of drug-likeness (QED) is 0.132. The zero-order valence-corrected chi connectivity index (χ0v) is 24.2. The zero-order valence-electron chi connectivity index (χ0n) is 21.2. The molecule has 1 aliphatic carbocycles. The van der Waals surface area contributed by atoms with Crippen LogP contribution in [-0.4, -0.2) is 31.9 Å². The van der Waals surface area contributed by atoms with Crippen LogP contribution in [0.1, 0.15) is 44.1 Å². The Balaban J connectivity index is 1.59. The number of anilines is 1. The van der Waals surface area contributed by atoms with Gasteiger partial charge in [0.1, 0.15) is 6.17 Å². The second kappa shape index (κ2) is 13.6. The number of thiocarbonyl (C=S) groups is 1. The molecule has 2 aromatic carbocycles. The first kappa shape index (κ1) is 29.3. The molecule has 1 aliphatic rings. The lowest BCUT2D eigenvalue weighted by molar-refractivity contribution is -0.119. The summed E-state index contributed by atoms with van der Waals surface area (Å²) in [7, 11) is 0. The molecule has 2 amide bonds. The summed E-state index contributed by atoms with van der Waals surface area (Å²) in [5, 5.41) is 6.41. The number of nitrogens with one attached hydrogen (secondary N) is 2. The highest BCUT2D eigenvalue weighted by Gasteiger charge is 2.36. The van der Waals surface area contributed by atoms with Crippen molar-refractivity contribution in [3.05, 3.63) is 78.5 Å². The van der Waals surface area contributed by atoms with Gasteiger partial charge in [0.05, 0.1) is 11.2 Å². The average molecular weight is 604 g/mol. The Labute approximate surface area is 248 Å². The maximum atomic E-state index is 13.8. The highest BCUT2D eigenvalue weighted by molar-refractivity contribution is 7.80. The molecule has 1 fully saturated rings.